The van der Waals surface area contributed by atoms with Crippen LogP contribution >= 0.6 is 22.6 Å². The fourth-order valence-corrected chi connectivity index (χ4v) is 3.17. The molecule has 0 aromatic heterocycles. The van der Waals surface area contributed by atoms with Gasteiger partial charge in [-0.3, -0.25) is 14.5 Å². The zero-order valence-electron chi connectivity index (χ0n) is 15.3. The Labute approximate surface area is 185 Å². The van der Waals surface area contributed by atoms with Gasteiger partial charge in [-0.15, -0.1) is 0 Å². The van der Waals surface area contributed by atoms with Crippen LogP contribution < -0.4 is 10.1 Å². The summed E-state index contributed by atoms with van der Waals surface area (Å²) < 4.78 is 72.3. The lowest BCUT2D eigenvalue weighted by Crippen LogP contribution is -2.34. The third-order valence-electron chi connectivity index (χ3n) is 4.08. The molecule has 0 spiro atoms. The summed E-state index contributed by atoms with van der Waals surface area (Å²) in [5.41, 5.74) is -1.66. The van der Waals surface area contributed by atoms with Crippen molar-refractivity contribution in [2.75, 3.05) is 18.5 Å². The molecule has 0 atom stereocenters. The molecule has 0 saturated heterocycles. The lowest BCUT2D eigenvalue weighted by atomic mass is 10.2. The number of ether oxygens (including phenoxy) is 1. The Kier molecular flexibility index (Phi) is 6.50. The van der Waals surface area contributed by atoms with Crippen molar-refractivity contribution >= 4 is 40.1 Å². The van der Waals surface area contributed by atoms with Gasteiger partial charge in [-0.2, -0.15) is 13.2 Å². The molecule has 6 nitrogen and oxygen atoms in total. The number of amides is 2. The predicted molar refractivity (Wildman–Crippen MR) is 106 cm³/mol. The fourth-order valence-electron chi connectivity index (χ4n) is 2.67. The van der Waals surface area contributed by atoms with E-state index in [4.69, 9.17) is 9.84 Å². The summed E-state index contributed by atoms with van der Waals surface area (Å²) in [7, 11) is 0. The molecule has 2 aromatic carbocycles. The van der Waals surface area contributed by atoms with E-state index >= 15 is 0 Å². The minimum atomic E-state index is -4.95. The van der Waals surface area contributed by atoms with Crippen molar-refractivity contribution < 1.29 is 41.4 Å². The van der Waals surface area contributed by atoms with E-state index in [1.807, 2.05) is 22.6 Å². The van der Waals surface area contributed by atoms with Gasteiger partial charge >= 0.3 is 6.18 Å². The monoisotopic (exact) mass is 554 g/mol. The Morgan fingerprint density at radius 3 is 2.32 bits per heavy atom. The first-order valence-electron chi connectivity index (χ1n) is 8.50. The van der Waals surface area contributed by atoms with Crippen LogP contribution in [0.25, 0.3) is 0 Å². The van der Waals surface area contributed by atoms with E-state index in [1.165, 1.54) is 18.2 Å². The Bertz CT molecular complexity index is 1060. The fraction of sp³-hybridized carbons (Fsp3) is 0.158. The number of β-amino-alcohol motifs (C(OH)–C–C–N with tert-alkyl or cyclic N) is 1. The molecule has 12 heteroatoms. The van der Waals surface area contributed by atoms with E-state index in [1.54, 1.807) is 0 Å². The SMILES string of the molecule is O=C1C=C(Nc2cc(I)ccc2Oc2c(F)cc(C(F)(F)F)cc2F)C(=O)N1CCO. The van der Waals surface area contributed by atoms with Crippen molar-refractivity contribution in [1.29, 1.82) is 0 Å². The van der Waals surface area contributed by atoms with Crippen molar-refractivity contribution in [2.24, 2.45) is 0 Å². The minimum absolute atomic E-state index is 0.0313. The van der Waals surface area contributed by atoms with Crippen molar-refractivity contribution in [1.82, 2.24) is 4.90 Å². The molecule has 0 bridgehead atoms. The number of carbonyl (C=O) groups is 2. The maximum absolute atomic E-state index is 14.2. The number of hydrogen-bond acceptors (Lipinski definition) is 5. The summed E-state index contributed by atoms with van der Waals surface area (Å²) in [6.45, 7) is -0.667. The molecule has 0 radical (unpaired) electrons. The van der Waals surface area contributed by atoms with E-state index < -0.39 is 47.5 Å². The van der Waals surface area contributed by atoms with Crippen LogP contribution in [0.5, 0.6) is 11.5 Å². The maximum atomic E-state index is 14.2. The number of anilines is 1. The normalized spacial score (nSPS) is 14.2. The Morgan fingerprint density at radius 1 is 1.10 bits per heavy atom. The number of aliphatic hydroxyl groups excluding tert-OH is 1. The van der Waals surface area contributed by atoms with Crippen LogP contribution in [0.2, 0.25) is 0 Å². The molecule has 1 aliphatic rings. The number of nitrogens with one attached hydrogen (secondary N) is 1. The molecule has 164 valence electrons. The van der Waals surface area contributed by atoms with E-state index in [2.05, 4.69) is 5.32 Å². The van der Waals surface area contributed by atoms with Crippen LogP contribution in [-0.4, -0.2) is 35.0 Å². The maximum Gasteiger partial charge on any atom is 0.416 e. The third-order valence-corrected chi connectivity index (χ3v) is 4.75. The molecular formula is C19H12F5IN2O4. The Balaban J connectivity index is 1.93. The van der Waals surface area contributed by atoms with Crippen LogP contribution in [-0.2, 0) is 15.8 Å². The van der Waals surface area contributed by atoms with Crippen molar-refractivity contribution in [3.63, 3.8) is 0 Å². The highest BCUT2D eigenvalue weighted by molar-refractivity contribution is 14.1. The smallest absolute Gasteiger partial charge is 0.416 e. The number of carbonyl (C=O) groups excluding carboxylic acids is 2. The average molecular weight is 554 g/mol. The van der Waals surface area contributed by atoms with Crippen LogP contribution in [0.4, 0.5) is 27.6 Å². The summed E-state index contributed by atoms with van der Waals surface area (Å²) in [5, 5.41) is 11.6. The molecule has 2 N–H and O–H groups in total. The number of nitrogens with zero attached hydrogens (tertiary/aromatic N) is 1. The number of aliphatic hydroxyl groups is 1. The van der Waals surface area contributed by atoms with Gasteiger partial charge in [-0.1, -0.05) is 0 Å². The molecule has 0 fully saturated rings. The first kappa shape index (κ1) is 22.9. The number of rotatable bonds is 6. The molecule has 2 amide bonds. The number of halogens is 6. The molecule has 0 saturated carbocycles. The standard InChI is InChI=1S/C19H12F5IN2O4/c20-11-5-9(19(22,23)24)6-12(21)17(11)31-15-2-1-10(25)7-13(15)26-14-8-16(29)27(3-4-28)18(14)30/h1-2,5-8,26,28H,3-4H2. The zero-order chi connectivity index (χ0) is 22.9. The quantitative estimate of drug-likeness (QED) is 0.321. The second-order valence-electron chi connectivity index (χ2n) is 6.21. The Morgan fingerprint density at radius 2 is 1.74 bits per heavy atom. The second kappa shape index (κ2) is 8.78. The van der Waals surface area contributed by atoms with Crippen LogP contribution in [0, 0.1) is 15.2 Å². The lowest BCUT2D eigenvalue weighted by Gasteiger charge is -2.17. The molecular weight excluding hydrogens is 542 g/mol. The molecule has 1 heterocycles. The van der Waals surface area contributed by atoms with Crippen LogP contribution in [0.1, 0.15) is 5.56 Å². The first-order valence-corrected chi connectivity index (χ1v) is 9.58. The molecule has 1 aliphatic heterocycles. The van der Waals surface area contributed by atoms with Gasteiger partial charge in [0.25, 0.3) is 11.8 Å². The Hall–Kier alpha value is -2.74. The number of imide groups is 1. The summed E-state index contributed by atoms with van der Waals surface area (Å²) in [6, 6.07) is 4.42. The van der Waals surface area contributed by atoms with Gasteiger partial charge in [-0.25, -0.2) is 8.78 Å². The zero-order valence-corrected chi connectivity index (χ0v) is 17.4. The molecule has 0 aliphatic carbocycles. The first-order chi connectivity index (χ1) is 14.5. The summed E-state index contributed by atoms with van der Waals surface area (Å²) in [4.78, 5) is 25.0. The largest absolute Gasteiger partial charge is 0.449 e. The molecule has 3 rings (SSSR count). The second-order valence-corrected chi connectivity index (χ2v) is 7.46. The minimum Gasteiger partial charge on any atom is -0.449 e. The molecule has 2 aromatic rings. The van der Waals surface area contributed by atoms with Gasteiger partial charge in [-0.05, 0) is 52.9 Å². The van der Waals surface area contributed by atoms with Gasteiger partial charge in [0, 0.05) is 9.65 Å². The van der Waals surface area contributed by atoms with Crippen molar-refractivity contribution in [3.8, 4) is 11.5 Å². The van der Waals surface area contributed by atoms with Crippen LogP contribution in [0.15, 0.2) is 42.1 Å². The number of alkyl halides is 3. The lowest BCUT2D eigenvalue weighted by molar-refractivity contribution is -0.138. The highest BCUT2D eigenvalue weighted by atomic mass is 127. The topological polar surface area (TPSA) is 78.9 Å². The summed E-state index contributed by atoms with van der Waals surface area (Å²) >= 11 is 1.91. The van der Waals surface area contributed by atoms with E-state index in [0.717, 1.165) is 11.0 Å². The van der Waals surface area contributed by atoms with E-state index in [-0.39, 0.29) is 35.8 Å². The number of hydrogen-bond donors (Lipinski definition) is 2. The van der Waals surface area contributed by atoms with E-state index in [9.17, 15) is 31.5 Å². The van der Waals surface area contributed by atoms with Gasteiger partial charge < -0.3 is 15.2 Å². The van der Waals surface area contributed by atoms with E-state index in [0.29, 0.717) is 3.57 Å². The van der Waals surface area contributed by atoms with Crippen molar-refractivity contribution in [2.45, 2.75) is 6.18 Å². The van der Waals surface area contributed by atoms with Crippen LogP contribution in [0.3, 0.4) is 0 Å². The van der Waals surface area contributed by atoms with Gasteiger partial charge in [0.05, 0.1) is 24.4 Å². The molecule has 0 unspecified atom stereocenters. The number of benzene rings is 2. The highest BCUT2D eigenvalue weighted by Crippen LogP contribution is 2.38. The predicted octanol–water partition coefficient (Wildman–Crippen LogP) is 4.04. The average Bonchev–Trinajstić information content (AvgIpc) is 2.93. The third kappa shape index (κ3) is 4.95. The van der Waals surface area contributed by atoms with Gasteiger partial charge in [0.2, 0.25) is 0 Å². The van der Waals surface area contributed by atoms with Gasteiger partial charge in [0.15, 0.2) is 23.1 Å². The summed E-state index contributed by atoms with van der Waals surface area (Å²) in [6.07, 6.45) is -3.97. The summed E-state index contributed by atoms with van der Waals surface area (Å²) in [5.74, 6) is -5.83. The van der Waals surface area contributed by atoms with Crippen molar-refractivity contribution in [3.05, 3.63) is 62.9 Å². The molecule has 31 heavy (non-hydrogen) atoms. The van der Waals surface area contributed by atoms with Gasteiger partial charge in [0.1, 0.15) is 5.70 Å². The highest BCUT2D eigenvalue weighted by Gasteiger charge is 2.34.